The van der Waals surface area contributed by atoms with Crippen molar-refractivity contribution in [2.45, 2.75) is 6.54 Å². The molecule has 0 unspecified atom stereocenters. The van der Waals surface area contributed by atoms with Gasteiger partial charge in [-0.3, -0.25) is 0 Å². The van der Waals surface area contributed by atoms with Crippen LogP contribution >= 0.6 is 11.6 Å². The van der Waals surface area contributed by atoms with E-state index >= 15 is 0 Å². The quantitative estimate of drug-likeness (QED) is 0.790. The molecule has 0 atom stereocenters. The van der Waals surface area contributed by atoms with Gasteiger partial charge in [0.15, 0.2) is 0 Å². The Morgan fingerprint density at radius 3 is 2.80 bits per heavy atom. The minimum absolute atomic E-state index is 0.235. The van der Waals surface area contributed by atoms with Crippen molar-refractivity contribution < 1.29 is 4.39 Å². The second-order valence-electron chi connectivity index (χ2n) is 4.33. The molecule has 5 heteroatoms. The van der Waals surface area contributed by atoms with Gasteiger partial charge in [0.2, 0.25) is 0 Å². The zero-order chi connectivity index (χ0) is 13.9. The van der Waals surface area contributed by atoms with Crippen LogP contribution in [0, 0.1) is 5.82 Å². The SMILES string of the molecule is Fc1ccccc1CNc1ncnc2cc(Cl)ccc12. The van der Waals surface area contributed by atoms with Gasteiger partial charge in [0, 0.05) is 22.5 Å². The summed E-state index contributed by atoms with van der Waals surface area (Å²) < 4.78 is 13.6. The second-order valence-corrected chi connectivity index (χ2v) is 4.77. The zero-order valence-corrected chi connectivity index (χ0v) is 11.2. The minimum atomic E-state index is -0.235. The number of benzene rings is 2. The highest BCUT2D eigenvalue weighted by Gasteiger charge is 2.05. The van der Waals surface area contributed by atoms with Gasteiger partial charge in [-0.05, 0) is 24.3 Å². The van der Waals surface area contributed by atoms with Crippen molar-refractivity contribution in [3.63, 3.8) is 0 Å². The molecule has 0 amide bonds. The lowest BCUT2D eigenvalue weighted by atomic mass is 10.2. The fourth-order valence-corrected chi connectivity index (χ4v) is 2.16. The van der Waals surface area contributed by atoms with Gasteiger partial charge in [-0.1, -0.05) is 29.8 Å². The fourth-order valence-electron chi connectivity index (χ4n) is 1.99. The van der Waals surface area contributed by atoms with E-state index in [4.69, 9.17) is 11.6 Å². The first kappa shape index (κ1) is 12.8. The first-order valence-corrected chi connectivity index (χ1v) is 6.49. The number of rotatable bonds is 3. The highest BCUT2D eigenvalue weighted by atomic mass is 35.5. The molecule has 1 heterocycles. The van der Waals surface area contributed by atoms with Crippen LogP contribution in [0.3, 0.4) is 0 Å². The largest absolute Gasteiger partial charge is 0.365 e. The van der Waals surface area contributed by atoms with Gasteiger partial charge in [0.1, 0.15) is 18.0 Å². The normalized spacial score (nSPS) is 10.7. The maximum Gasteiger partial charge on any atom is 0.137 e. The smallest absolute Gasteiger partial charge is 0.137 e. The van der Waals surface area contributed by atoms with Crippen molar-refractivity contribution >= 4 is 28.3 Å². The average Bonchev–Trinajstić information content (AvgIpc) is 2.46. The molecular formula is C15H11ClFN3. The molecule has 1 N–H and O–H groups in total. The van der Waals surface area contributed by atoms with Crippen LogP contribution in [-0.4, -0.2) is 9.97 Å². The van der Waals surface area contributed by atoms with Crippen molar-refractivity contribution in [2.75, 3.05) is 5.32 Å². The first-order chi connectivity index (χ1) is 9.74. The molecule has 0 saturated carbocycles. The lowest BCUT2D eigenvalue weighted by Crippen LogP contribution is -2.04. The summed E-state index contributed by atoms with van der Waals surface area (Å²) in [5.74, 6) is 0.427. The predicted molar refractivity (Wildman–Crippen MR) is 78.3 cm³/mol. The third-order valence-corrected chi connectivity index (χ3v) is 3.24. The van der Waals surface area contributed by atoms with Crippen molar-refractivity contribution in [1.82, 2.24) is 9.97 Å². The van der Waals surface area contributed by atoms with Crippen molar-refractivity contribution in [1.29, 1.82) is 0 Å². The molecule has 0 aliphatic rings. The van der Waals surface area contributed by atoms with E-state index in [-0.39, 0.29) is 5.82 Å². The predicted octanol–water partition coefficient (Wildman–Crippen LogP) is 4.03. The Morgan fingerprint density at radius 2 is 1.95 bits per heavy atom. The third kappa shape index (κ3) is 2.56. The lowest BCUT2D eigenvalue weighted by Gasteiger charge is -2.09. The van der Waals surface area contributed by atoms with Gasteiger partial charge in [0.25, 0.3) is 0 Å². The molecule has 0 bridgehead atoms. The number of nitrogens with zero attached hydrogens (tertiary/aromatic N) is 2. The summed E-state index contributed by atoms with van der Waals surface area (Å²) in [5, 5.41) is 4.61. The lowest BCUT2D eigenvalue weighted by molar-refractivity contribution is 0.613. The van der Waals surface area contributed by atoms with Crippen LogP contribution in [0.5, 0.6) is 0 Å². The number of hydrogen-bond donors (Lipinski definition) is 1. The van der Waals surface area contributed by atoms with Gasteiger partial charge in [0.05, 0.1) is 5.52 Å². The summed E-state index contributed by atoms with van der Waals surface area (Å²) in [6.07, 6.45) is 1.46. The Morgan fingerprint density at radius 1 is 1.10 bits per heavy atom. The Labute approximate surface area is 120 Å². The Kier molecular flexibility index (Phi) is 3.48. The summed E-state index contributed by atoms with van der Waals surface area (Å²) in [5.41, 5.74) is 1.34. The number of hydrogen-bond acceptors (Lipinski definition) is 3. The molecular weight excluding hydrogens is 277 g/mol. The van der Waals surface area contributed by atoms with E-state index < -0.39 is 0 Å². The highest BCUT2D eigenvalue weighted by molar-refractivity contribution is 6.31. The van der Waals surface area contributed by atoms with Gasteiger partial charge >= 0.3 is 0 Å². The van der Waals surface area contributed by atoms with Gasteiger partial charge in [-0.15, -0.1) is 0 Å². The number of anilines is 1. The third-order valence-electron chi connectivity index (χ3n) is 3.00. The Balaban J connectivity index is 1.90. The standard InChI is InChI=1S/C15H11ClFN3/c16-11-5-6-12-14(7-11)19-9-20-15(12)18-8-10-3-1-2-4-13(10)17/h1-7,9H,8H2,(H,18,19,20). The van der Waals surface area contributed by atoms with E-state index in [1.54, 1.807) is 30.3 Å². The molecule has 0 spiro atoms. The molecule has 0 fully saturated rings. The first-order valence-electron chi connectivity index (χ1n) is 6.11. The summed E-state index contributed by atoms with van der Waals surface area (Å²) in [7, 11) is 0. The Hall–Kier alpha value is -2.20. The molecule has 0 radical (unpaired) electrons. The number of fused-ring (bicyclic) bond motifs is 1. The molecule has 0 saturated heterocycles. The van der Waals surface area contributed by atoms with E-state index in [2.05, 4.69) is 15.3 Å². The van der Waals surface area contributed by atoms with Crippen LogP contribution in [0.15, 0.2) is 48.8 Å². The van der Waals surface area contributed by atoms with E-state index in [1.807, 2.05) is 6.07 Å². The molecule has 0 aliphatic carbocycles. The fraction of sp³-hybridized carbons (Fsp3) is 0.0667. The molecule has 0 aliphatic heterocycles. The van der Waals surface area contributed by atoms with Crippen LogP contribution in [0.4, 0.5) is 10.2 Å². The highest BCUT2D eigenvalue weighted by Crippen LogP contribution is 2.23. The van der Waals surface area contributed by atoms with Crippen molar-refractivity contribution in [3.05, 3.63) is 65.2 Å². The van der Waals surface area contributed by atoms with Crippen LogP contribution in [0.2, 0.25) is 5.02 Å². The van der Waals surface area contributed by atoms with Crippen LogP contribution in [0.25, 0.3) is 10.9 Å². The molecule has 3 aromatic rings. The van der Waals surface area contributed by atoms with E-state index in [0.29, 0.717) is 22.9 Å². The second kappa shape index (κ2) is 5.43. The molecule has 3 rings (SSSR count). The van der Waals surface area contributed by atoms with Crippen LogP contribution in [0.1, 0.15) is 5.56 Å². The summed E-state index contributed by atoms with van der Waals surface area (Å²) in [4.78, 5) is 8.36. The number of halogens is 2. The van der Waals surface area contributed by atoms with Crippen LogP contribution in [-0.2, 0) is 6.54 Å². The number of nitrogens with one attached hydrogen (secondary N) is 1. The summed E-state index contributed by atoms with van der Waals surface area (Å²) in [6.45, 7) is 0.363. The summed E-state index contributed by atoms with van der Waals surface area (Å²) in [6, 6.07) is 12.0. The zero-order valence-electron chi connectivity index (χ0n) is 10.5. The maximum absolute atomic E-state index is 13.6. The van der Waals surface area contributed by atoms with Crippen molar-refractivity contribution in [3.8, 4) is 0 Å². The topological polar surface area (TPSA) is 37.8 Å². The van der Waals surface area contributed by atoms with Gasteiger partial charge in [-0.2, -0.15) is 0 Å². The summed E-state index contributed by atoms with van der Waals surface area (Å²) >= 11 is 5.93. The minimum Gasteiger partial charge on any atom is -0.365 e. The van der Waals surface area contributed by atoms with Crippen molar-refractivity contribution in [2.24, 2.45) is 0 Å². The molecule has 20 heavy (non-hydrogen) atoms. The molecule has 2 aromatic carbocycles. The van der Waals surface area contributed by atoms with Gasteiger partial charge in [-0.25, -0.2) is 14.4 Å². The average molecular weight is 288 g/mol. The monoisotopic (exact) mass is 287 g/mol. The molecule has 1 aromatic heterocycles. The van der Waals surface area contributed by atoms with E-state index in [9.17, 15) is 4.39 Å². The van der Waals surface area contributed by atoms with Gasteiger partial charge < -0.3 is 5.32 Å². The van der Waals surface area contributed by atoms with E-state index in [0.717, 1.165) is 10.9 Å². The Bertz CT molecular complexity index is 761. The number of aromatic nitrogens is 2. The molecule has 100 valence electrons. The maximum atomic E-state index is 13.6. The van der Waals surface area contributed by atoms with Crippen LogP contribution < -0.4 is 5.32 Å². The molecule has 3 nitrogen and oxygen atoms in total. The van der Waals surface area contributed by atoms with E-state index in [1.165, 1.54) is 12.4 Å².